The first-order valence-electron chi connectivity index (χ1n) is 11.6. The van der Waals surface area contributed by atoms with Crippen LogP contribution in [-0.4, -0.2) is 65.5 Å². The number of ether oxygens (including phenoxy) is 1. The Morgan fingerprint density at radius 1 is 1.06 bits per heavy atom. The summed E-state index contributed by atoms with van der Waals surface area (Å²) in [6.45, 7) is 8.03. The van der Waals surface area contributed by atoms with Crippen molar-refractivity contribution in [2.75, 3.05) is 44.7 Å². The molecular formula is C25H34IN7O. The van der Waals surface area contributed by atoms with Crippen LogP contribution < -0.4 is 15.0 Å². The van der Waals surface area contributed by atoms with Crippen LogP contribution in [0.5, 0.6) is 5.75 Å². The highest BCUT2D eigenvalue weighted by molar-refractivity contribution is 14.0. The molecule has 0 radical (unpaired) electrons. The van der Waals surface area contributed by atoms with Gasteiger partial charge in [0.25, 0.3) is 0 Å². The average molecular weight is 575 g/mol. The lowest BCUT2D eigenvalue weighted by Crippen LogP contribution is -2.53. The van der Waals surface area contributed by atoms with E-state index < -0.39 is 0 Å². The number of aromatic nitrogens is 3. The van der Waals surface area contributed by atoms with Gasteiger partial charge in [0.05, 0.1) is 13.7 Å². The van der Waals surface area contributed by atoms with Gasteiger partial charge in [-0.05, 0) is 17.7 Å². The Morgan fingerprint density at radius 2 is 1.85 bits per heavy atom. The molecule has 0 saturated carbocycles. The van der Waals surface area contributed by atoms with E-state index in [2.05, 4.69) is 73.2 Å². The number of methoxy groups -OCH3 is 1. The highest BCUT2D eigenvalue weighted by Gasteiger charge is 2.20. The zero-order chi connectivity index (χ0) is 22.9. The normalized spacial score (nSPS) is 14.0. The van der Waals surface area contributed by atoms with Gasteiger partial charge in [0, 0.05) is 57.4 Å². The molecule has 1 saturated heterocycles. The summed E-state index contributed by atoms with van der Waals surface area (Å²) in [5.74, 6) is 2.85. The van der Waals surface area contributed by atoms with E-state index in [9.17, 15) is 0 Å². The monoisotopic (exact) mass is 575 g/mol. The van der Waals surface area contributed by atoms with Gasteiger partial charge in [0.2, 0.25) is 0 Å². The fourth-order valence-electron chi connectivity index (χ4n) is 4.03. The van der Waals surface area contributed by atoms with E-state index in [0.29, 0.717) is 6.54 Å². The Hall–Kier alpha value is -2.82. The van der Waals surface area contributed by atoms with Crippen LogP contribution in [0.2, 0.25) is 0 Å². The molecule has 0 bridgehead atoms. The Balaban J connectivity index is 0.00000324. The van der Waals surface area contributed by atoms with Gasteiger partial charge in [0.15, 0.2) is 5.96 Å². The largest absolute Gasteiger partial charge is 0.497 e. The van der Waals surface area contributed by atoms with Gasteiger partial charge < -0.3 is 24.4 Å². The quantitative estimate of drug-likeness (QED) is 0.252. The molecule has 2 heterocycles. The smallest absolute Gasteiger partial charge is 0.194 e. The minimum Gasteiger partial charge on any atom is -0.497 e. The van der Waals surface area contributed by atoms with Crippen LogP contribution in [0.15, 0.2) is 65.9 Å². The summed E-state index contributed by atoms with van der Waals surface area (Å²) in [5.41, 5.74) is 2.41. The highest BCUT2D eigenvalue weighted by Crippen LogP contribution is 2.22. The van der Waals surface area contributed by atoms with Crippen molar-refractivity contribution >= 4 is 35.6 Å². The number of aliphatic imine (C=N–C) groups is 1. The summed E-state index contributed by atoms with van der Waals surface area (Å²) in [4.78, 5) is 9.71. The fraction of sp³-hybridized carbons (Fsp3) is 0.400. The number of nitrogens with zero attached hydrogens (tertiary/aromatic N) is 6. The Labute approximate surface area is 219 Å². The average Bonchev–Trinajstić information content (AvgIpc) is 3.34. The topological polar surface area (TPSA) is 70.8 Å². The standard InChI is InChI=1S/C25H33N7O.HI/c1-3-24-29-28-20-32(24)13-12-26-25(27-19-21-8-5-4-6-9-21)31-16-14-30(15-17-31)22-10-7-11-23(18-22)33-2;/h4-11,18,20H,3,12-17,19H2,1-2H3,(H,26,27);1H. The van der Waals surface area contributed by atoms with Crippen molar-refractivity contribution in [2.45, 2.75) is 26.4 Å². The predicted octanol–water partition coefficient (Wildman–Crippen LogP) is 3.44. The number of anilines is 1. The van der Waals surface area contributed by atoms with Crippen molar-refractivity contribution in [3.05, 3.63) is 72.3 Å². The van der Waals surface area contributed by atoms with E-state index >= 15 is 0 Å². The first-order chi connectivity index (χ1) is 16.3. The molecule has 182 valence electrons. The van der Waals surface area contributed by atoms with Crippen LogP contribution in [0.4, 0.5) is 5.69 Å². The van der Waals surface area contributed by atoms with Crippen molar-refractivity contribution in [2.24, 2.45) is 4.99 Å². The van der Waals surface area contributed by atoms with Gasteiger partial charge >= 0.3 is 0 Å². The maximum atomic E-state index is 5.39. The van der Waals surface area contributed by atoms with Gasteiger partial charge in [0.1, 0.15) is 17.9 Å². The lowest BCUT2D eigenvalue weighted by Gasteiger charge is -2.38. The summed E-state index contributed by atoms with van der Waals surface area (Å²) >= 11 is 0. The van der Waals surface area contributed by atoms with E-state index in [1.807, 2.05) is 18.2 Å². The number of guanidine groups is 1. The first kappa shape index (κ1) is 25.8. The molecule has 1 fully saturated rings. The molecule has 4 rings (SSSR count). The molecule has 9 heteroatoms. The molecule has 0 amide bonds. The van der Waals surface area contributed by atoms with Gasteiger partial charge in [-0.1, -0.05) is 43.3 Å². The predicted molar refractivity (Wildman–Crippen MR) is 147 cm³/mol. The minimum atomic E-state index is 0. The Morgan fingerprint density at radius 3 is 2.59 bits per heavy atom. The molecule has 1 aliphatic heterocycles. The molecule has 1 aliphatic rings. The van der Waals surface area contributed by atoms with Crippen LogP contribution in [-0.2, 0) is 19.5 Å². The maximum Gasteiger partial charge on any atom is 0.194 e. The van der Waals surface area contributed by atoms with Crippen LogP contribution in [0, 0.1) is 0 Å². The van der Waals surface area contributed by atoms with Crippen molar-refractivity contribution in [3.8, 4) is 5.75 Å². The van der Waals surface area contributed by atoms with Crippen molar-refractivity contribution in [1.29, 1.82) is 0 Å². The molecule has 2 aromatic carbocycles. The van der Waals surface area contributed by atoms with Crippen LogP contribution >= 0.6 is 24.0 Å². The summed E-state index contributed by atoms with van der Waals surface area (Å²) < 4.78 is 7.49. The molecule has 8 nitrogen and oxygen atoms in total. The van der Waals surface area contributed by atoms with Gasteiger partial charge in [-0.25, -0.2) is 4.99 Å². The number of aryl methyl sites for hydroxylation is 1. The second kappa shape index (κ2) is 13.2. The van der Waals surface area contributed by atoms with Crippen molar-refractivity contribution < 1.29 is 4.74 Å². The van der Waals surface area contributed by atoms with E-state index in [0.717, 1.165) is 63.2 Å². The van der Waals surface area contributed by atoms with Crippen LogP contribution in [0.1, 0.15) is 18.3 Å². The first-order valence-corrected chi connectivity index (χ1v) is 11.6. The maximum absolute atomic E-state index is 5.39. The number of piperazine rings is 1. The molecule has 0 unspecified atom stereocenters. The number of rotatable bonds is 8. The molecule has 0 aliphatic carbocycles. The number of nitrogens with one attached hydrogen (secondary N) is 1. The number of hydrogen-bond donors (Lipinski definition) is 1. The van der Waals surface area contributed by atoms with Gasteiger partial charge in [-0.15, -0.1) is 34.2 Å². The van der Waals surface area contributed by atoms with Crippen molar-refractivity contribution in [3.63, 3.8) is 0 Å². The van der Waals surface area contributed by atoms with E-state index in [1.165, 1.54) is 11.3 Å². The Bertz CT molecular complexity index is 1030. The third kappa shape index (κ3) is 6.85. The number of benzene rings is 2. The summed E-state index contributed by atoms with van der Waals surface area (Å²) in [5, 5.41) is 11.8. The molecule has 0 spiro atoms. The molecule has 0 atom stereocenters. The SMILES string of the molecule is CCc1nncn1CCNC(=NCc1ccccc1)N1CCN(c2cccc(OC)c2)CC1.I. The number of halogens is 1. The third-order valence-corrected chi connectivity index (χ3v) is 5.90. The van der Waals surface area contributed by atoms with Crippen LogP contribution in [0.25, 0.3) is 0 Å². The molecule has 1 aromatic heterocycles. The zero-order valence-corrected chi connectivity index (χ0v) is 22.3. The van der Waals surface area contributed by atoms with Crippen LogP contribution in [0.3, 0.4) is 0 Å². The lowest BCUT2D eigenvalue weighted by molar-refractivity contribution is 0.370. The second-order valence-corrected chi connectivity index (χ2v) is 8.02. The fourth-order valence-corrected chi connectivity index (χ4v) is 4.03. The van der Waals surface area contributed by atoms with E-state index in [1.54, 1.807) is 13.4 Å². The van der Waals surface area contributed by atoms with Gasteiger partial charge in [-0.3, -0.25) is 0 Å². The van der Waals surface area contributed by atoms with E-state index in [4.69, 9.17) is 9.73 Å². The lowest BCUT2D eigenvalue weighted by atomic mass is 10.2. The minimum absolute atomic E-state index is 0. The Kier molecular flexibility index (Phi) is 9.99. The molecule has 3 aromatic rings. The van der Waals surface area contributed by atoms with Gasteiger partial charge in [-0.2, -0.15) is 0 Å². The van der Waals surface area contributed by atoms with E-state index in [-0.39, 0.29) is 24.0 Å². The number of hydrogen-bond acceptors (Lipinski definition) is 5. The summed E-state index contributed by atoms with van der Waals surface area (Å²) in [6.07, 6.45) is 2.68. The summed E-state index contributed by atoms with van der Waals surface area (Å²) in [7, 11) is 1.71. The molecular weight excluding hydrogens is 541 g/mol. The highest BCUT2D eigenvalue weighted by atomic mass is 127. The summed E-state index contributed by atoms with van der Waals surface area (Å²) in [6, 6.07) is 18.7. The second-order valence-electron chi connectivity index (χ2n) is 8.02. The third-order valence-electron chi connectivity index (χ3n) is 5.90. The van der Waals surface area contributed by atoms with Crippen molar-refractivity contribution in [1.82, 2.24) is 25.0 Å². The zero-order valence-electron chi connectivity index (χ0n) is 19.9. The molecule has 34 heavy (non-hydrogen) atoms. The molecule has 1 N–H and O–H groups in total.